The van der Waals surface area contributed by atoms with Crippen molar-refractivity contribution in [3.63, 3.8) is 0 Å². The smallest absolute Gasteiger partial charge is 0.261 e. The Balaban J connectivity index is 1.94. The van der Waals surface area contributed by atoms with E-state index in [9.17, 15) is 14.4 Å². The van der Waals surface area contributed by atoms with Crippen LogP contribution in [0.1, 0.15) is 46.7 Å². The van der Waals surface area contributed by atoms with E-state index >= 15 is 0 Å². The summed E-state index contributed by atoms with van der Waals surface area (Å²) in [6, 6.07) is 6.28. The number of amides is 1. The van der Waals surface area contributed by atoms with Crippen LogP contribution >= 0.6 is 0 Å². The number of benzene rings is 1. The van der Waals surface area contributed by atoms with E-state index in [2.05, 4.69) is 10.3 Å². The number of aromatic nitrogens is 1. The second kappa shape index (κ2) is 6.90. The predicted octanol–water partition coefficient (Wildman–Crippen LogP) is 2.80. The van der Waals surface area contributed by atoms with Gasteiger partial charge in [0.2, 0.25) is 0 Å². The highest BCUT2D eigenvalue weighted by molar-refractivity contribution is 6.06. The molecule has 0 radical (unpaired) electrons. The van der Waals surface area contributed by atoms with Crippen LogP contribution in [-0.2, 0) is 6.42 Å². The number of rotatable bonds is 4. The molecule has 0 spiro atoms. The van der Waals surface area contributed by atoms with Crippen LogP contribution in [0, 0.1) is 5.41 Å². The van der Waals surface area contributed by atoms with Crippen molar-refractivity contribution in [3.05, 3.63) is 51.4 Å². The molecular formula is C20H22N2O5. The summed E-state index contributed by atoms with van der Waals surface area (Å²) in [5.74, 6) is 0.324. The van der Waals surface area contributed by atoms with Gasteiger partial charge in [0.25, 0.3) is 11.5 Å². The molecule has 7 nitrogen and oxygen atoms in total. The molecule has 0 bridgehead atoms. The number of methoxy groups -OCH3 is 2. The van der Waals surface area contributed by atoms with Crippen molar-refractivity contribution in [1.29, 1.82) is 0 Å². The van der Waals surface area contributed by atoms with Crippen LogP contribution in [0.3, 0.4) is 0 Å². The fraction of sp³-hybridized carbons (Fsp3) is 0.350. The normalized spacial score (nSPS) is 15.0. The van der Waals surface area contributed by atoms with Crippen molar-refractivity contribution in [1.82, 2.24) is 4.98 Å². The highest BCUT2D eigenvalue weighted by atomic mass is 16.5. The summed E-state index contributed by atoms with van der Waals surface area (Å²) in [7, 11) is 3.00. The molecule has 1 aliphatic carbocycles. The third-order valence-corrected chi connectivity index (χ3v) is 4.57. The van der Waals surface area contributed by atoms with Crippen LogP contribution in [0.25, 0.3) is 0 Å². The summed E-state index contributed by atoms with van der Waals surface area (Å²) in [6.07, 6.45) is 0.957. The molecule has 0 saturated heterocycles. The molecule has 3 rings (SSSR count). The number of hydrogen-bond acceptors (Lipinski definition) is 5. The van der Waals surface area contributed by atoms with Gasteiger partial charge in [-0.05, 0) is 17.9 Å². The highest BCUT2D eigenvalue weighted by Crippen LogP contribution is 2.33. The van der Waals surface area contributed by atoms with Crippen molar-refractivity contribution < 1.29 is 19.1 Å². The number of H-pyrrole nitrogens is 1. The molecule has 2 N–H and O–H groups in total. The van der Waals surface area contributed by atoms with Crippen LogP contribution in [0.5, 0.6) is 11.5 Å². The lowest BCUT2D eigenvalue weighted by Crippen LogP contribution is -2.32. The van der Waals surface area contributed by atoms with Gasteiger partial charge in [-0.1, -0.05) is 13.8 Å². The van der Waals surface area contributed by atoms with E-state index in [-0.39, 0.29) is 16.8 Å². The summed E-state index contributed by atoms with van der Waals surface area (Å²) in [6.45, 7) is 3.95. The number of ketones is 1. The van der Waals surface area contributed by atoms with Gasteiger partial charge in [0.15, 0.2) is 5.78 Å². The average molecular weight is 370 g/mol. The topological polar surface area (TPSA) is 97.5 Å². The van der Waals surface area contributed by atoms with Crippen molar-refractivity contribution >= 4 is 17.4 Å². The first-order valence-corrected chi connectivity index (χ1v) is 8.56. The fourth-order valence-electron chi connectivity index (χ4n) is 3.27. The molecule has 0 atom stereocenters. The first-order valence-electron chi connectivity index (χ1n) is 8.56. The van der Waals surface area contributed by atoms with E-state index in [0.717, 1.165) is 0 Å². The molecule has 1 aromatic heterocycles. The van der Waals surface area contributed by atoms with Crippen molar-refractivity contribution in [2.45, 2.75) is 26.7 Å². The summed E-state index contributed by atoms with van der Waals surface area (Å²) < 4.78 is 10.3. The highest BCUT2D eigenvalue weighted by Gasteiger charge is 2.32. The number of ether oxygens (including phenoxy) is 2. The molecule has 0 saturated carbocycles. The molecule has 27 heavy (non-hydrogen) atoms. The number of fused-ring (bicyclic) bond motifs is 1. The SMILES string of the molecule is COc1cc(NC(=O)c2cc3c([nH]c2=O)CC(C)(C)CC3=O)cc(OC)c1. The number of carbonyl (C=O) groups excluding carboxylic acids is 2. The molecule has 1 amide bonds. The number of hydrogen-bond donors (Lipinski definition) is 2. The second-order valence-corrected chi connectivity index (χ2v) is 7.40. The lowest BCUT2D eigenvalue weighted by atomic mass is 9.75. The Morgan fingerprint density at radius 3 is 2.26 bits per heavy atom. The summed E-state index contributed by atoms with van der Waals surface area (Å²) in [5, 5.41) is 2.66. The Morgan fingerprint density at radius 2 is 1.67 bits per heavy atom. The summed E-state index contributed by atoms with van der Waals surface area (Å²) in [5.41, 5.74) is 0.563. The number of aromatic amines is 1. The van der Waals surface area contributed by atoms with Crippen molar-refractivity contribution in [2.24, 2.45) is 5.41 Å². The van der Waals surface area contributed by atoms with Gasteiger partial charge in [0.1, 0.15) is 17.1 Å². The summed E-state index contributed by atoms with van der Waals surface area (Å²) >= 11 is 0. The number of Topliss-reactive ketones (excluding diaryl/α,β-unsaturated/α-hetero) is 1. The van der Waals surface area contributed by atoms with Gasteiger partial charge in [-0.15, -0.1) is 0 Å². The molecule has 0 fully saturated rings. The van der Waals surface area contributed by atoms with Gasteiger partial charge < -0.3 is 19.8 Å². The molecule has 1 heterocycles. The van der Waals surface area contributed by atoms with E-state index < -0.39 is 11.5 Å². The zero-order chi connectivity index (χ0) is 19.8. The van der Waals surface area contributed by atoms with Crippen LogP contribution in [-0.4, -0.2) is 30.9 Å². The zero-order valence-corrected chi connectivity index (χ0v) is 15.8. The second-order valence-electron chi connectivity index (χ2n) is 7.40. The van der Waals surface area contributed by atoms with Crippen molar-refractivity contribution in [2.75, 3.05) is 19.5 Å². The third-order valence-electron chi connectivity index (χ3n) is 4.57. The molecule has 0 unspecified atom stereocenters. The Morgan fingerprint density at radius 1 is 1.04 bits per heavy atom. The van der Waals surface area contributed by atoms with Crippen molar-refractivity contribution in [3.8, 4) is 11.5 Å². The van der Waals surface area contributed by atoms with Gasteiger partial charge in [-0.25, -0.2) is 0 Å². The summed E-state index contributed by atoms with van der Waals surface area (Å²) in [4.78, 5) is 40.2. The quantitative estimate of drug-likeness (QED) is 0.862. The van der Waals surface area contributed by atoms with Gasteiger partial charge in [0, 0.05) is 41.6 Å². The average Bonchev–Trinajstić information content (AvgIpc) is 2.59. The van der Waals surface area contributed by atoms with Crippen LogP contribution in [0.2, 0.25) is 0 Å². The minimum absolute atomic E-state index is 0.0744. The van der Waals surface area contributed by atoms with E-state index in [1.54, 1.807) is 18.2 Å². The van der Waals surface area contributed by atoms with Gasteiger partial charge in [-0.3, -0.25) is 14.4 Å². The van der Waals surface area contributed by atoms with Crippen LogP contribution in [0.4, 0.5) is 5.69 Å². The van der Waals surface area contributed by atoms with E-state index in [1.165, 1.54) is 20.3 Å². The third kappa shape index (κ3) is 3.86. The van der Waals surface area contributed by atoms with Crippen LogP contribution in [0.15, 0.2) is 29.1 Å². The van der Waals surface area contributed by atoms with Gasteiger partial charge >= 0.3 is 0 Å². The Bertz CT molecular complexity index is 953. The largest absolute Gasteiger partial charge is 0.497 e. The molecule has 7 heteroatoms. The first-order chi connectivity index (χ1) is 12.7. The molecule has 142 valence electrons. The predicted molar refractivity (Wildman–Crippen MR) is 101 cm³/mol. The maximum absolute atomic E-state index is 12.6. The first kappa shape index (κ1) is 18.7. The number of carbonyl (C=O) groups is 2. The Labute approximate surface area is 156 Å². The molecule has 0 aliphatic heterocycles. The monoisotopic (exact) mass is 370 g/mol. The van der Waals surface area contributed by atoms with E-state index in [1.807, 2.05) is 13.8 Å². The Hall–Kier alpha value is -3.09. The van der Waals surface area contributed by atoms with Crippen LogP contribution < -0.4 is 20.3 Å². The molecular weight excluding hydrogens is 348 g/mol. The van der Waals surface area contributed by atoms with Gasteiger partial charge in [-0.2, -0.15) is 0 Å². The number of pyridine rings is 1. The van der Waals surface area contributed by atoms with Gasteiger partial charge in [0.05, 0.1) is 14.2 Å². The lowest BCUT2D eigenvalue weighted by molar-refractivity contribution is 0.0910. The maximum atomic E-state index is 12.6. The fourth-order valence-corrected chi connectivity index (χ4v) is 3.27. The van der Waals surface area contributed by atoms with E-state index in [0.29, 0.717) is 41.3 Å². The molecule has 1 aliphatic rings. The Kier molecular flexibility index (Phi) is 4.78. The number of nitrogens with one attached hydrogen (secondary N) is 2. The lowest BCUT2D eigenvalue weighted by Gasteiger charge is -2.29. The van der Waals surface area contributed by atoms with E-state index in [4.69, 9.17) is 9.47 Å². The minimum Gasteiger partial charge on any atom is -0.497 e. The zero-order valence-electron chi connectivity index (χ0n) is 15.8. The molecule has 1 aromatic carbocycles. The standard InChI is InChI=1S/C20H22N2O5/c1-20(2)9-16-14(17(23)10-20)8-15(19(25)22-16)18(24)21-11-5-12(26-3)7-13(6-11)27-4/h5-8H,9-10H2,1-4H3,(H,21,24)(H,22,25). The number of anilines is 1. The minimum atomic E-state index is -0.605. The molecule has 2 aromatic rings. The maximum Gasteiger partial charge on any atom is 0.261 e.